The second kappa shape index (κ2) is 8.11. The maximum atomic E-state index is 11.7. The minimum atomic E-state index is -0.536. The van der Waals surface area contributed by atoms with Gasteiger partial charge in [-0.1, -0.05) is 0 Å². The molecule has 2 N–H and O–H groups in total. The van der Waals surface area contributed by atoms with Crippen molar-refractivity contribution in [2.45, 2.75) is 19.8 Å². The van der Waals surface area contributed by atoms with E-state index >= 15 is 0 Å². The fraction of sp³-hybridized carbons (Fsp3) is 0.462. The third-order valence-electron chi connectivity index (χ3n) is 2.58. The fourth-order valence-corrected chi connectivity index (χ4v) is 1.66. The zero-order valence-electron chi connectivity index (χ0n) is 11.6. The minimum Gasteiger partial charge on any atom is -0.494 e. The number of ether oxygens (including phenoxy) is 1. The van der Waals surface area contributed by atoms with E-state index in [4.69, 9.17) is 4.74 Å². The van der Waals surface area contributed by atoms with Gasteiger partial charge >= 0.3 is 0 Å². The summed E-state index contributed by atoms with van der Waals surface area (Å²) in [5.74, 6) is 0.167. The molecular formula is C13H19N3O4. The third-order valence-corrected chi connectivity index (χ3v) is 2.58. The first kappa shape index (κ1) is 15.9. The number of nitro groups is 1. The van der Waals surface area contributed by atoms with Crippen LogP contribution < -0.4 is 15.4 Å². The first-order chi connectivity index (χ1) is 9.58. The van der Waals surface area contributed by atoms with Crippen molar-refractivity contribution >= 4 is 17.3 Å². The number of carbonyl (C=O) groups is 1. The molecule has 20 heavy (non-hydrogen) atoms. The van der Waals surface area contributed by atoms with Crippen LogP contribution in [0.5, 0.6) is 5.75 Å². The molecule has 0 aliphatic carbocycles. The van der Waals surface area contributed by atoms with Crippen LogP contribution in [0.2, 0.25) is 0 Å². The van der Waals surface area contributed by atoms with Crippen LogP contribution in [-0.4, -0.2) is 31.0 Å². The van der Waals surface area contributed by atoms with Gasteiger partial charge in [0.1, 0.15) is 11.4 Å². The molecule has 0 saturated heterocycles. The van der Waals surface area contributed by atoms with E-state index in [0.29, 0.717) is 25.2 Å². The molecule has 0 heterocycles. The van der Waals surface area contributed by atoms with Crippen LogP contribution in [0.25, 0.3) is 0 Å². The molecule has 1 amide bonds. The number of hydrogen-bond acceptors (Lipinski definition) is 5. The van der Waals surface area contributed by atoms with Crippen LogP contribution in [0, 0.1) is 10.1 Å². The van der Waals surface area contributed by atoms with Gasteiger partial charge in [-0.2, -0.15) is 0 Å². The molecule has 0 bridgehead atoms. The molecule has 0 radical (unpaired) electrons. The molecule has 1 aromatic rings. The van der Waals surface area contributed by atoms with E-state index in [1.165, 1.54) is 12.1 Å². The Morgan fingerprint density at radius 3 is 2.80 bits per heavy atom. The van der Waals surface area contributed by atoms with Gasteiger partial charge in [-0.05, 0) is 39.1 Å². The summed E-state index contributed by atoms with van der Waals surface area (Å²) in [5.41, 5.74) is 0.0193. The molecule has 0 aromatic heterocycles. The highest BCUT2D eigenvalue weighted by atomic mass is 16.6. The molecular weight excluding hydrogens is 262 g/mol. The normalized spacial score (nSPS) is 10.1. The Labute approximate surface area is 117 Å². The average Bonchev–Trinajstić information content (AvgIpc) is 2.41. The van der Waals surface area contributed by atoms with Crippen molar-refractivity contribution < 1.29 is 14.5 Å². The highest BCUT2D eigenvalue weighted by Gasteiger charge is 2.17. The zero-order valence-corrected chi connectivity index (χ0v) is 11.6. The molecule has 1 rings (SSSR count). The second-order valence-corrected chi connectivity index (χ2v) is 4.12. The number of hydrogen-bond donors (Lipinski definition) is 2. The molecule has 0 fully saturated rings. The first-order valence-electron chi connectivity index (χ1n) is 6.44. The quantitative estimate of drug-likeness (QED) is 0.431. The number of nitro benzene ring substituents is 1. The Bertz CT molecular complexity index is 477. The lowest BCUT2D eigenvalue weighted by atomic mass is 10.2. The van der Waals surface area contributed by atoms with Gasteiger partial charge in [0.25, 0.3) is 5.69 Å². The Kier molecular flexibility index (Phi) is 6.45. The lowest BCUT2D eigenvalue weighted by molar-refractivity contribution is -0.384. The molecule has 7 heteroatoms. The minimum absolute atomic E-state index is 0.169. The number of benzene rings is 1. The summed E-state index contributed by atoms with van der Waals surface area (Å²) in [6.45, 7) is 2.94. The van der Waals surface area contributed by atoms with Crippen molar-refractivity contribution in [3.8, 4) is 5.75 Å². The second-order valence-electron chi connectivity index (χ2n) is 4.12. The van der Waals surface area contributed by atoms with Gasteiger partial charge in [0, 0.05) is 6.42 Å². The molecule has 0 atom stereocenters. The molecule has 0 saturated carbocycles. The van der Waals surface area contributed by atoms with E-state index in [1.807, 2.05) is 0 Å². The maximum Gasteiger partial charge on any atom is 0.296 e. The van der Waals surface area contributed by atoms with Crippen molar-refractivity contribution in [3.63, 3.8) is 0 Å². The van der Waals surface area contributed by atoms with Gasteiger partial charge in [0.15, 0.2) is 0 Å². The van der Waals surface area contributed by atoms with Crippen LogP contribution in [0.4, 0.5) is 11.4 Å². The fourth-order valence-electron chi connectivity index (χ4n) is 1.66. The Hall–Kier alpha value is -2.15. The van der Waals surface area contributed by atoms with Gasteiger partial charge < -0.3 is 15.4 Å². The predicted octanol–water partition coefficient (Wildman–Crippen LogP) is 1.93. The summed E-state index contributed by atoms with van der Waals surface area (Å²) < 4.78 is 5.21. The summed E-state index contributed by atoms with van der Waals surface area (Å²) >= 11 is 0. The molecule has 0 spiro atoms. The van der Waals surface area contributed by atoms with Gasteiger partial charge in [-0.3, -0.25) is 14.9 Å². The largest absolute Gasteiger partial charge is 0.494 e. The van der Waals surface area contributed by atoms with Crippen LogP contribution in [0.1, 0.15) is 19.8 Å². The smallest absolute Gasteiger partial charge is 0.296 e. The summed E-state index contributed by atoms with van der Waals surface area (Å²) in [4.78, 5) is 22.2. The lowest BCUT2D eigenvalue weighted by Gasteiger charge is -2.08. The Balaban J connectivity index is 2.78. The molecule has 1 aromatic carbocycles. The van der Waals surface area contributed by atoms with Crippen molar-refractivity contribution in [1.29, 1.82) is 0 Å². The number of rotatable bonds is 8. The molecule has 0 aliphatic heterocycles. The highest BCUT2D eigenvalue weighted by Crippen LogP contribution is 2.29. The van der Waals surface area contributed by atoms with Gasteiger partial charge in [0.2, 0.25) is 5.91 Å². The standard InChI is InChI=1S/C13H19N3O4/c1-3-20-10-6-7-11(12(9-10)16(18)19)15-13(17)5-4-8-14-2/h6-7,9,14H,3-5,8H2,1-2H3,(H,15,17). The zero-order chi connectivity index (χ0) is 15.0. The highest BCUT2D eigenvalue weighted by molar-refractivity contribution is 5.93. The molecule has 7 nitrogen and oxygen atoms in total. The number of amides is 1. The number of nitrogens with zero attached hydrogens (tertiary/aromatic N) is 1. The third kappa shape index (κ3) is 4.85. The van der Waals surface area contributed by atoms with Crippen molar-refractivity contribution in [2.24, 2.45) is 0 Å². The Morgan fingerprint density at radius 2 is 2.20 bits per heavy atom. The molecule has 0 unspecified atom stereocenters. The van der Waals surface area contributed by atoms with Crippen molar-refractivity contribution in [2.75, 3.05) is 25.5 Å². The monoisotopic (exact) mass is 281 g/mol. The van der Waals surface area contributed by atoms with Crippen molar-refractivity contribution in [3.05, 3.63) is 28.3 Å². The van der Waals surface area contributed by atoms with E-state index in [0.717, 1.165) is 6.54 Å². The van der Waals surface area contributed by atoms with Crippen molar-refractivity contribution in [1.82, 2.24) is 5.32 Å². The summed E-state index contributed by atoms with van der Waals surface area (Å²) in [7, 11) is 1.80. The number of anilines is 1. The van der Waals surface area contributed by atoms with Gasteiger partial charge in [0.05, 0.1) is 17.6 Å². The van der Waals surface area contributed by atoms with Crippen LogP contribution in [0.15, 0.2) is 18.2 Å². The summed E-state index contributed by atoms with van der Waals surface area (Å²) in [6.07, 6.45) is 0.984. The van der Waals surface area contributed by atoms with E-state index in [-0.39, 0.29) is 17.3 Å². The SMILES string of the molecule is CCOc1ccc(NC(=O)CCCNC)c([N+](=O)[O-])c1. The van der Waals surface area contributed by atoms with Gasteiger partial charge in [-0.25, -0.2) is 0 Å². The topological polar surface area (TPSA) is 93.5 Å². The van der Waals surface area contributed by atoms with Gasteiger partial charge in [-0.15, -0.1) is 0 Å². The van der Waals surface area contributed by atoms with E-state index in [1.54, 1.807) is 20.0 Å². The average molecular weight is 281 g/mol. The summed E-state index contributed by atoms with van der Waals surface area (Å²) in [6, 6.07) is 4.39. The number of carbonyl (C=O) groups excluding carboxylic acids is 1. The van der Waals surface area contributed by atoms with E-state index < -0.39 is 4.92 Å². The predicted molar refractivity (Wildman–Crippen MR) is 76.1 cm³/mol. The van der Waals surface area contributed by atoms with Crippen LogP contribution in [-0.2, 0) is 4.79 Å². The van der Waals surface area contributed by atoms with Crippen LogP contribution in [0.3, 0.4) is 0 Å². The molecule has 110 valence electrons. The summed E-state index contributed by atoms with van der Waals surface area (Å²) in [5, 5.41) is 16.5. The maximum absolute atomic E-state index is 11.7. The van der Waals surface area contributed by atoms with E-state index in [2.05, 4.69) is 10.6 Å². The number of nitrogens with one attached hydrogen (secondary N) is 2. The lowest BCUT2D eigenvalue weighted by Crippen LogP contribution is -2.16. The first-order valence-corrected chi connectivity index (χ1v) is 6.44. The van der Waals surface area contributed by atoms with E-state index in [9.17, 15) is 14.9 Å². The Morgan fingerprint density at radius 1 is 1.45 bits per heavy atom. The van der Waals surface area contributed by atoms with Crippen LogP contribution >= 0.6 is 0 Å². The molecule has 0 aliphatic rings.